The Labute approximate surface area is 172 Å². The van der Waals surface area contributed by atoms with Gasteiger partial charge in [-0.15, -0.1) is 0 Å². The van der Waals surface area contributed by atoms with Crippen molar-refractivity contribution in [2.24, 2.45) is 0 Å². The Hall–Kier alpha value is -2.71. The maximum atomic E-state index is 12.6. The third-order valence-corrected chi connectivity index (χ3v) is 6.75. The quantitative estimate of drug-likeness (QED) is 0.582. The van der Waals surface area contributed by atoms with Gasteiger partial charge in [-0.2, -0.15) is 12.7 Å². The largest absolute Gasteiger partial charge is 0.497 e. The Balaban J connectivity index is 2.09. The van der Waals surface area contributed by atoms with Crippen molar-refractivity contribution in [1.29, 1.82) is 0 Å². The summed E-state index contributed by atoms with van der Waals surface area (Å²) in [5.74, 6) is 0.761. The van der Waals surface area contributed by atoms with Crippen LogP contribution in [0.2, 0.25) is 0 Å². The van der Waals surface area contributed by atoms with Gasteiger partial charge in [0.05, 0.1) is 29.7 Å². The molecular weight excluding hydrogens is 388 g/mol. The van der Waals surface area contributed by atoms with Crippen LogP contribution in [-0.4, -0.2) is 37.5 Å². The molecule has 156 valence electrons. The lowest BCUT2D eigenvalue weighted by atomic mass is 10.1. The fourth-order valence-corrected chi connectivity index (χ4v) is 4.86. The number of nitrogens with two attached hydrogens (primary N) is 1. The summed E-state index contributed by atoms with van der Waals surface area (Å²) in [6.07, 6.45) is 0. The molecule has 1 heterocycles. The van der Waals surface area contributed by atoms with E-state index in [4.69, 9.17) is 10.5 Å². The number of rotatable bonds is 8. The summed E-state index contributed by atoms with van der Waals surface area (Å²) in [5.41, 5.74) is 10.3. The second-order valence-electron chi connectivity index (χ2n) is 6.66. The minimum atomic E-state index is -3.61. The van der Waals surface area contributed by atoms with Gasteiger partial charge in [0.15, 0.2) is 0 Å². The average molecular weight is 417 g/mol. The van der Waals surface area contributed by atoms with Crippen LogP contribution in [0.3, 0.4) is 0 Å². The fourth-order valence-electron chi connectivity index (χ4n) is 3.63. The minimum Gasteiger partial charge on any atom is -0.497 e. The van der Waals surface area contributed by atoms with Crippen molar-refractivity contribution < 1.29 is 13.2 Å². The summed E-state index contributed by atoms with van der Waals surface area (Å²) < 4.78 is 36.7. The highest BCUT2D eigenvalue weighted by Crippen LogP contribution is 2.38. The van der Waals surface area contributed by atoms with Crippen LogP contribution in [0.1, 0.15) is 20.8 Å². The van der Waals surface area contributed by atoms with Crippen molar-refractivity contribution in [2.75, 3.05) is 30.7 Å². The second-order valence-corrected chi connectivity index (χ2v) is 8.33. The van der Waals surface area contributed by atoms with Gasteiger partial charge in [0.1, 0.15) is 5.75 Å². The average Bonchev–Trinajstić information content (AvgIpc) is 2.99. The van der Waals surface area contributed by atoms with Gasteiger partial charge < -0.3 is 15.0 Å². The van der Waals surface area contributed by atoms with E-state index in [0.29, 0.717) is 31.0 Å². The van der Waals surface area contributed by atoms with Crippen LogP contribution in [0.4, 0.5) is 11.4 Å². The van der Waals surface area contributed by atoms with E-state index in [9.17, 15) is 8.42 Å². The van der Waals surface area contributed by atoms with Crippen molar-refractivity contribution in [2.45, 2.75) is 27.3 Å². The lowest BCUT2D eigenvalue weighted by Gasteiger charge is -2.20. The normalized spacial score (nSPS) is 11.9. The Morgan fingerprint density at radius 1 is 1.10 bits per heavy atom. The summed E-state index contributed by atoms with van der Waals surface area (Å²) in [4.78, 5) is 0. The number of nitrogens with zero attached hydrogens (tertiary/aromatic N) is 2. The number of hydrogen-bond donors (Lipinski definition) is 2. The predicted molar refractivity (Wildman–Crippen MR) is 119 cm³/mol. The highest BCUT2D eigenvalue weighted by atomic mass is 32.2. The molecule has 0 radical (unpaired) electrons. The molecule has 3 N–H and O–H groups in total. The maximum Gasteiger partial charge on any atom is 0.301 e. The Morgan fingerprint density at radius 3 is 2.45 bits per heavy atom. The summed E-state index contributed by atoms with van der Waals surface area (Å²) >= 11 is 0. The molecule has 3 rings (SSSR count). The molecule has 0 aliphatic heterocycles. The minimum absolute atomic E-state index is 0.407. The number of methoxy groups -OCH3 is 1. The number of hydrogen-bond acceptors (Lipinski definition) is 4. The van der Waals surface area contributed by atoms with Crippen LogP contribution in [-0.2, 0) is 16.8 Å². The molecule has 0 aliphatic rings. The molecule has 29 heavy (non-hydrogen) atoms. The highest BCUT2D eigenvalue weighted by molar-refractivity contribution is 7.90. The van der Waals surface area contributed by atoms with Crippen LogP contribution < -0.4 is 15.2 Å². The van der Waals surface area contributed by atoms with Gasteiger partial charge in [0.2, 0.25) is 0 Å². The molecule has 2 aromatic carbocycles. The van der Waals surface area contributed by atoms with Crippen LogP contribution >= 0.6 is 0 Å². The second kappa shape index (κ2) is 8.34. The molecule has 0 atom stereocenters. The zero-order chi connectivity index (χ0) is 21.2. The van der Waals surface area contributed by atoms with Crippen molar-refractivity contribution in [1.82, 2.24) is 8.87 Å². The molecule has 1 aromatic heterocycles. The van der Waals surface area contributed by atoms with Crippen LogP contribution in [0, 0.1) is 0 Å². The first-order valence-electron chi connectivity index (χ1n) is 9.70. The summed E-state index contributed by atoms with van der Waals surface area (Å²) in [6, 6.07) is 13.1. The molecule has 7 nitrogen and oxygen atoms in total. The number of ether oxygens (including phenoxy) is 1. The van der Waals surface area contributed by atoms with Gasteiger partial charge in [-0.05, 0) is 31.2 Å². The first-order valence-corrected chi connectivity index (χ1v) is 11.1. The number of anilines is 2. The molecule has 0 bridgehead atoms. The lowest BCUT2D eigenvalue weighted by Crippen LogP contribution is -2.35. The van der Waals surface area contributed by atoms with Crippen molar-refractivity contribution in [3.05, 3.63) is 42.5 Å². The van der Waals surface area contributed by atoms with Gasteiger partial charge in [-0.3, -0.25) is 4.72 Å². The molecule has 8 heteroatoms. The third-order valence-electron chi connectivity index (χ3n) is 5.06. The molecule has 3 aromatic rings. The smallest absolute Gasteiger partial charge is 0.301 e. The van der Waals surface area contributed by atoms with Crippen LogP contribution in [0.25, 0.3) is 22.2 Å². The van der Waals surface area contributed by atoms with E-state index in [1.54, 1.807) is 13.2 Å². The standard InChI is InChI=1S/C21H28N4O3S/c1-5-24(6-2)29(26,27)23-16-10-8-9-15(13-16)21-20(22)18-12-11-17(28-4)14-19(18)25(21)7-3/h8-14,23H,5-7,22H2,1-4H3. The predicted octanol–water partition coefficient (Wildman–Crippen LogP) is 3.92. The number of benzene rings is 2. The van der Waals surface area contributed by atoms with E-state index >= 15 is 0 Å². The lowest BCUT2D eigenvalue weighted by molar-refractivity contribution is 0.415. The SMILES string of the molecule is CCN(CC)S(=O)(=O)Nc1cccc(-c2c(N)c3ccc(OC)cc3n2CC)c1. The van der Waals surface area contributed by atoms with Gasteiger partial charge >= 0.3 is 10.2 Å². The third kappa shape index (κ3) is 3.90. The molecule has 0 aliphatic carbocycles. The summed E-state index contributed by atoms with van der Waals surface area (Å²) in [7, 11) is -1.97. The van der Waals surface area contributed by atoms with Gasteiger partial charge in [-0.1, -0.05) is 26.0 Å². The Morgan fingerprint density at radius 2 is 1.83 bits per heavy atom. The van der Waals surface area contributed by atoms with Crippen LogP contribution in [0.15, 0.2) is 42.5 Å². The Bertz CT molecular complexity index is 1120. The molecule has 0 fully saturated rings. The molecule has 0 amide bonds. The number of fused-ring (bicyclic) bond motifs is 1. The van der Waals surface area contributed by atoms with Crippen molar-refractivity contribution in [3.8, 4) is 17.0 Å². The van der Waals surface area contributed by atoms with E-state index < -0.39 is 10.2 Å². The summed E-state index contributed by atoms with van der Waals surface area (Å²) in [5, 5.41) is 0.941. The maximum absolute atomic E-state index is 12.6. The first kappa shape index (κ1) is 21.0. The highest BCUT2D eigenvalue weighted by Gasteiger charge is 2.20. The van der Waals surface area contributed by atoms with E-state index in [1.165, 1.54) is 4.31 Å². The van der Waals surface area contributed by atoms with E-state index in [1.807, 2.05) is 50.2 Å². The van der Waals surface area contributed by atoms with Gasteiger partial charge in [0, 0.05) is 36.7 Å². The molecule has 0 unspecified atom stereocenters. The number of nitrogens with one attached hydrogen (secondary N) is 1. The Kier molecular flexibility index (Phi) is 6.04. The van der Waals surface area contributed by atoms with E-state index in [-0.39, 0.29) is 0 Å². The molecule has 0 spiro atoms. The zero-order valence-electron chi connectivity index (χ0n) is 17.3. The zero-order valence-corrected chi connectivity index (χ0v) is 18.1. The van der Waals surface area contributed by atoms with Crippen molar-refractivity contribution >= 4 is 32.5 Å². The van der Waals surface area contributed by atoms with Gasteiger partial charge in [-0.25, -0.2) is 0 Å². The number of nitrogen functional groups attached to an aromatic ring is 1. The first-order chi connectivity index (χ1) is 13.9. The number of aryl methyl sites for hydroxylation is 1. The molecule has 0 saturated heterocycles. The molecule has 0 saturated carbocycles. The van der Waals surface area contributed by atoms with Crippen LogP contribution in [0.5, 0.6) is 5.75 Å². The monoisotopic (exact) mass is 416 g/mol. The number of aromatic nitrogens is 1. The topological polar surface area (TPSA) is 89.6 Å². The van der Waals surface area contributed by atoms with Gasteiger partial charge in [0.25, 0.3) is 0 Å². The van der Waals surface area contributed by atoms with Crippen molar-refractivity contribution in [3.63, 3.8) is 0 Å². The van der Waals surface area contributed by atoms with E-state index in [2.05, 4.69) is 16.2 Å². The summed E-state index contributed by atoms with van der Waals surface area (Å²) in [6.45, 7) is 7.21. The fraction of sp³-hybridized carbons (Fsp3) is 0.333. The van der Waals surface area contributed by atoms with E-state index in [0.717, 1.165) is 27.9 Å². The molecular formula is C21H28N4O3S.